The third kappa shape index (κ3) is 4.35. The number of carbonyl (C=O) groups excluding carboxylic acids is 1. The summed E-state index contributed by atoms with van der Waals surface area (Å²) in [6, 6.07) is 14.7. The molecule has 30 heavy (non-hydrogen) atoms. The molecular weight excluding hydrogens is 383 g/mol. The molecule has 2 aromatic rings. The van der Waals surface area contributed by atoms with Crippen molar-refractivity contribution < 1.29 is 18.7 Å². The zero-order chi connectivity index (χ0) is 21.0. The molecular formula is C24H29FN2O3. The summed E-state index contributed by atoms with van der Waals surface area (Å²) in [4.78, 5) is 17.7. The first-order chi connectivity index (χ1) is 14.6. The van der Waals surface area contributed by atoms with Crippen LogP contribution in [0.15, 0.2) is 48.5 Å². The van der Waals surface area contributed by atoms with E-state index < -0.39 is 5.41 Å². The average molecular weight is 413 g/mol. The van der Waals surface area contributed by atoms with E-state index in [2.05, 4.69) is 29.2 Å². The molecule has 4 rings (SSSR count). The molecule has 2 aromatic carbocycles. The Morgan fingerprint density at radius 2 is 1.57 bits per heavy atom. The van der Waals surface area contributed by atoms with E-state index in [1.807, 2.05) is 7.05 Å². The van der Waals surface area contributed by atoms with E-state index in [0.29, 0.717) is 32.6 Å². The summed E-state index contributed by atoms with van der Waals surface area (Å²) in [5, 5.41) is 0. The fourth-order valence-corrected chi connectivity index (χ4v) is 4.46. The highest BCUT2D eigenvalue weighted by Gasteiger charge is 2.43. The van der Waals surface area contributed by atoms with Crippen LogP contribution < -0.4 is 4.90 Å². The lowest BCUT2D eigenvalue weighted by molar-refractivity contribution is -0.140. The Labute approximate surface area is 177 Å². The molecule has 160 valence electrons. The number of halogens is 1. The van der Waals surface area contributed by atoms with E-state index in [1.54, 1.807) is 17.0 Å². The van der Waals surface area contributed by atoms with Crippen LogP contribution in [0.1, 0.15) is 24.0 Å². The number of carbonyl (C=O) groups is 1. The molecule has 0 saturated carbocycles. The molecule has 0 radical (unpaired) electrons. The van der Waals surface area contributed by atoms with Gasteiger partial charge in [0.05, 0.1) is 18.6 Å². The minimum absolute atomic E-state index is 0.0645. The minimum Gasteiger partial charge on any atom is -0.381 e. The SMILES string of the molecule is CN(Cc1ccc(N2CCOCC2)cc1)C(=O)C1(c2ccc(F)cc2)CCOCC1. The molecule has 0 atom stereocenters. The Morgan fingerprint density at radius 1 is 0.967 bits per heavy atom. The third-order valence-corrected chi connectivity index (χ3v) is 6.23. The van der Waals surface area contributed by atoms with Gasteiger partial charge in [-0.3, -0.25) is 4.79 Å². The molecule has 0 aromatic heterocycles. The number of rotatable bonds is 5. The topological polar surface area (TPSA) is 42.0 Å². The van der Waals surface area contributed by atoms with Crippen molar-refractivity contribution in [3.8, 4) is 0 Å². The van der Waals surface area contributed by atoms with Gasteiger partial charge in [-0.2, -0.15) is 0 Å². The van der Waals surface area contributed by atoms with Crippen LogP contribution in [0.2, 0.25) is 0 Å². The number of amides is 1. The summed E-state index contributed by atoms with van der Waals surface area (Å²) in [5.41, 5.74) is 2.48. The number of hydrogen-bond donors (Lipinski definition) is 0. The number of nitrogens with zero attached hydrogens (tertiary/aromatic N) is 2. The van der Waals surface area contributed by atoms with Crippen LogP contribution in [-0.2, 0) is 26.2 Å². The van der Waals surface area contributed by atoms with Gasteiger partial charge in [0, 0.05) is 45.6 Å². The van der Waals surface area contributed by atoms with Crippen molar-refractivity contribution in [2.24, 2.45) is 0 Å². The molecule has 5 nitrogen and oxygen atoms in total. The molecule has 2 heterocycles. The molecule has 1 amide bonds. The van der Waals surface area contributed by atoms with E-state index in [-0.39, 0.29) is 11.7 Å². The second-order valence-electron chi connectivity index (χ2n) is 8.13. The van der Waals surface area contributed by atoms with Gasteiger partial charge in [0.15, 0.2) is 0 Å². The van der Waals surface area contributed by atoms with E-state index in [1.165, 1.54) is 17.8 Å². The van der Waals surface area contributed by atoms with Crippen molar-refractivity contribution in [2.75, 3.05) is 51.5 Å². The van der Waals surface area contributed by atoms with Crippen molar-refractivity contribution in [1.29, 1.82) is 0 Å². The van der Waals surface area contributed by atoms with E-state index in [0.717, 1.165) is 37.4 Å². The van der Waals surface area contributed by atoms with Crippen molar-refractivity contribution in [2.45, 2.75) is 24.8 Å². The van der Waals surface area contributed by atoms with Gasteiger partial charge in [-0.05, 0) is 48.2 Å². The maximum atomic E-state index is 13.6. The summed E-state index contributed by atoms with van der Waals surface area (Å²) in [5.74, 6) is -0.225. The van der Waals surface area contributed by atoms with Crippen molar-refractivity contribution in [3.05, 3.63) is 65.5 Å². The van der Waals surface area contributed by atoms with Gasteiger partial charge in [0.1, 0.15) is 5.82 Å². The molecule has 0 N–H and O–H groups in total. The number of hydrogen-bond acceptors (Lipinski definition) is 4. The molecule has 0 unspecified atom stereocenters. The highest BCUT2D eigenvalue weighted by molar-refractivity contribution is 5.88. The summed E-state index contributed by atoms with van der Waals surface area (Å²) in [6.45, 7) is 4.92. The highest BCUT2D eigenvalue weighted by atomic mass is 19.1. The smallest absolute Gasteiger partial charge is 0.233 e. The first-order valence-electron chi connectivity index (χ1n) is 10.6. The Kier molecular flexibility index (Phi) is 6.35. The summed E-state index contributed by atoms with van der Waals surface area (Å²) in [7, 11) is 1.85. The van der Waals surface area contributed by atoms with Crippen molar-refractivity contribution >= 4 is 11.6 Å². The molecule has 0 bridgehead atoms. The largest absolute Gasteiger partial charge is 0.381 e. The van der Waals surface area contributed by atoms with E-state index in [4.69, 9.17) is 9.47 Å². The van der Waals surface area contributed by atoms with Gasteiger partial charge in [0.2, 0.25) is 5.91 Å². The molecule has 0 aliphatic carbocycles. The van der Waals surface area contributed by atoms with Gasteiger partial charge in [-0.1, -0.05) is 24.3 Å². The fraction of sp³-hybridized carbons (Fsp3) is 0.458. The van der Waals surface area contributed by atoms with Crippen LogP contribution in [0.5, 0.6) is 0 Å². The van der Waals surface area contributed by atoms with Gasteiger partial charge in [-0.25, -0.2) is 4.39 Å². The van der Waals surface area contributed by atoms with Crippen LogP contribution in [-0.4, -0.2) is 57.4 Å². The van der Waals surface area contributed by atoms with Crippen LogP contribution in [0.4, 0.5) is 10.1 Å². The lowest BCUT2D eigenvalue weighted by Crippen LogP contribution is -2.48. The monoisotopic (exact) mass is 412 g/mol. The van der Waals surface area contributed by atoms with Crippen LogP contribution in [0.3, 0.4) is 0 Å². The standard InChI is InChI=1S/C24H29FN2O3/c1-26(18-19-2-8-22(9-3-19)27-12-16-30-17-13-27)23(28)24(10-14-29-15-11-24)20-4-6-21(25)7-5-20/h2-9H,10-18H2,1H3. The van der Waals surface area contributed by atoms with Crippen LogP contribution >= 0.6 is 0 Å². The molecule has 2 aliphatic rings. The lowest BCUT2D eigenvalue weighted by atomic mass is 9.73. The summed E-state index contributed by atoms with van der Waals surface area (Å²) < 4.78 is 24.4. The zero-order valence-electron chi connectivity index (χ0n) is 17.5. The Bertz CT molecular complexity index is 842. The maximum absolute atomic E-state index is 13.6. The molecule has 6 heteroatoms. The fourth-order valence-electron chi connectivity index (χ4n) is 4.46. The number of benzene rings is 2. The minimum atomic E-state index is -0.658. The van der Waals surface area contributed by atoms with Gasteiger partial charge < -0.3 is 19.3 Å². The van der Waals surface area contributed by atoms with Crippen LogP contribution in [0, 0.1) is 5.82 Å². The normalized spacial score (nSPS) is 18.8. The summed E-state index contributed by atoms with van der Waals surface area (Å²) >= 11 is 0. The van der Waals surface area contributed by atoms with E-state index >= 15 is 0 Å². The molecule has 2 fully saturated rings. The van der Waals surface area contributed by atoms with E-state index in [9.17, 15) is 9.18 Å². The number of ether oxygens (including phenoxy) is 2. The second kappa shape index (κ2) is 9.14. The first-order valence-corrected chi connectivity index (χ1v) is 10.6. The van der Waals surface area contributed by atoms with Gasteiger partial charge in [0.25, 0.3) is 0 Å². The quantitative estimate of drug-likeness (QED) is 0.755. The summed E-state index contributed by atoms with van der Waals surface area (Å²) in [6.07, 6.45) is 1.22. The number of morpholine rings is 1. The zero-order valence-corrected chi connectivity index (χ0v) is 17.5. The Hall–Kier alpha value is -2.44. The maximum Gasteiger partial charge on any atom is 0.233 e. The van der Waals surface area contributed by atoms with Crippen LogP contribution in [0.25, 0.3) is 0 Å². The van der Waals surface area contributed by atoms with Gasteiger partial charge in [-0.15, -0.1) is 0 Å². The Balaban J connectivity index is 1.49. The van der Waals surface area contributed by atoms with Crippen molar-refractivity contribution in [1.82, 2.24) is 4.90 Å². The van der Waals surface area contributed by atoms with Gasteiger partial charge >= 0.3 is 0 Å². The number of likely N-dealkylation sites (N-methyl/N-ethyl adjacent to an activating group) is 1. The third-order valence-electron chi connectivity index (χ3n) is 6.23. The predicted octanol–water partition coefficient (Wildman–Crippen LogP) is 3.37. The molecule has 0 spiro atoms. The molecule has 2 saturated heterocycles. The predicted molar refractivity (Wildman–Crippen MR) is 114 cm³/mol. The highest BCUT2D eigenvalue weighted by Crippen LogP contribution is 2.37. The number of anilines is 1. The average Bonchev–Trinajstić information content (AvgIpc) is 2.80. The second-order valence-corrected chi connectivity index (χ2v) is 8.13. The lowest BCUT2D eigenvalue weighted by Gasteiger charge is -2.39. The first kappa shape index (κ1) is 20.8. The Morgan fingerprint density at radius 3 is 2.20 bits per heavy atom. The van der Waals surface area contributed by atoms with Crippen molar-refractivity contribution in [3.63, 3.8) is 0 Å². The molecule has 2 aliphatic heterocycles.